The summed E-state index contributed by atoms with van der Waals surface area (Å²) in [5.41, 5.74) is -1.20. The quantitative estimate of drug-likeness (QED) is 0.708. The third kappa shape index (κ3) is 2.57. The Morgan fingerprint density at radius 1 is 1.38 bits per heavy atom. The van der Waals surface area contributed by atoms with Gasteiger partial charge in [-0.25, -0.2) is 9.78 Å². The van der Waals surface area contributed by atoms with Crippen molar-refractivity contribution < 1.29 is 4.79 Å². The van der Waals surface area contributed by atoms with Crippen LogP contribution in [0.15, 0.2) is 34.1 Å². The molecule has 1 aromatic heterocycles. The lowest BCUT2D eigenvalue weighted by atomic mass is 10.2. The van der Waals surface area contributed by atoms with Crippen LogP contribution in [-0.2, 0) is 6.54 Å². The minimum atomic E-state index is -0.827. The molecule has 0 aromatic carbocycles. The van der Waals surface area contributed by atoms with Crippen LogP contribution in [0.4, 0.5) is 0 Å². The van der Waals surface area contributed by atoms with Crippen LogP contribution in [0, 0.1) is 5.92 Å². The molecule has 0 atom stereocenters. The van der Waals surface area contributed by atoms with Crippen LogP contribution < -0.4 is 11.2 Å². The molecule has 1 aromatic rings. The summed E-state index contributed by atoms with van der Waals surface area (Å²) >= 11 is 7.14. The van der Waals surface area contributed by atoms with Crippen molar-refractivity contribution in [2.75, 3.05) is 0 Å². The van der Waals surface area contributed by atoms with Gasteiger partial charge in [0, 0.05) is 23.2 Å². The fourth-order valence-electron chi connectivity index (χ4n) is 2.54. The minimum Gasteiger partial charge on any atom is -0.327 e. The van der Waals surface area contributed by atoms with Gasteiger partial charge in [-0.3, -0.25) is 9.59 Å². The van der Waals surface area contributed by atoms with Crippen LogP contribution in [0.1, 0.15) is 22.5 Å². The summed E-state index contributed by atoms with van der Waals surface area (Å²) in [5.74, 6) is -0.439. The predicted octanol–water partition coefficient (Wildman–Crippen LogP) is 1.72. The molecule has 7 nitrogen and oxygen atoms in total. The highest BCUT2D eigenvalue weighted by Crippen LogP contribution is 2.30. The highest BCUT2D eigenvalue weighted by Gasteiger charge is 2.34. The molecule has 2 aliphatic heterocycles. The van der Waals surface area contributed by atoms with Gasteiger partial charge in [-0.05, 0) is 25.0 Å². The summed E-state index contributed by atoms with van der Waals surface area (Å²) in [5, 5.41) is 0. The van der Waals surface area contributed by atoms with E-state index in [1.54, 1.807) is 29.1 Å². The minimum absolute atomic E-state index is 0.232. The molecule has 1 fully saturated rings. The Balaban J connectivity index is 1.85. The number of halogens is 1. The molecule has 24 heavy (non-hydrogen) atoms. The first-order valence-corrected chi connectivity index (χ1v) is 8.50. The fourth-order valence-corrected chi connectivity index (χ4v) is 3.52. The third-order valence-electron chi connectivity index (χ3n) is 3.87. The van der Waals surface area contributed by atoms with E-state index in [-0.39, 0.29) is 17.3 Å². The number of thiazole rings is 1. The van der Waals surface area contributed by atoms with E-state index in [1.807, 2.05) is 0 Å². The van der Waals surface area contributed by atoms with Crippen molar-refractivity contribution in [3.8, 4) is 11.4 Å². The van der Waals surface area contributed by atoms with Gasteiger partial charge in [-0.1, -0.05) is 11.6 Å². The topological polar surface area (TPSA) is 86.8 Å². The second-order valence-electron chi connectivity index (χ2n) is 5.60. The van der Waals surface area contributed by atoms with E-state index in [1.165, 1.54) is 11.3 Å². The third-order valence-corrected chi connectivity index (χ3v) is 4.97. The lowest BCUT2D eigenvalue weighted by Gasteiger charge is -2.13. The van der Waals surface area contributed by atoms with Crippen molar-refractivity contribution in [2.45, 2.75) is 19.4 Å². The zero-order valence-electron chi connectivity index (χ0n) is 12.3. The summed E-state index contributed by atoms with van der Waals surface area (Å²) in [7, 11) is 0. The first-order chi connectivity index (χ1) is 11.5. The van der Waals surface area contributed by atoms with E-state index in [4.69, 9.17) is 11.6 Å². The molecule has 0 radical (unpaired) electrons. The molecule has 0 saturated heterocycles. The molecule has 4 rings (SSSR count). The molecular weight excluding hydrogens is 352 g/mol. The van der Waals surface area contributed by atoms with Gasteiger partial charge in [0.15, 0.2) is 10.3 Å². The van der Waals surface area contributed by atoms with E-state index >= 15 is 0 Å². The van der Waals surface area contributed by atoms with Gasteiger partial charge in [0.25, 0.3) is 5.56 Å². The van der Waals surface area contributed by atoms with Crippen LogP contribution in [0.3, 0.4) is 0 Å². The van der Waals surface area contributed by atoms with Crippen molar-refractivity contribution in [3.63, 3.8) is 0 Å². The zero-order valence-corrected chi connectivity index (χ0v) is 13.9. The first-order valence-electron chi connectivity index (χ1n) is 7.31. The summed E-state index contributed by atoms with van der Waals surface area (Å²) in [4.78, 5) is 45.8. The standard InChI is InChI=1S/C15H11ClN4O3S/c16-14-17-6-9(24-14)7-19-5-1-2-10-11(19)18-15(23)20(13(10)22)12(21)8-3-4-8/h1-2,5-6,8H,3-4,7H2. The molecule has 0 bridgehead atoms. The highest BCUT2D eigenvalue weighted by molar-refractivity contribution is 7.15. The molecule has 122 valence electrons. The number of carbonyl (C=O) groups excluding carboxylic acids is 1. The SMILES string of the molecule is O=C(C1CC1)n1c(=O)nc2n(Cc3cnc(Cl)s3)cccc-2c1=O. The Morgan fingerprint density at radius 2 is 2.17 bits per heavy atom. The maximum Gasteiger partial charge on any atom is 0.359 e. The van der Waals surface area contributed by atoms with Crippen molar-refractivity contribution in [1.82, 2.24) is 19.1 Å². The molecule has 0 unspecified atom stereocenters. The smallest absolute Gasteiger partial charge is 0.327 e. The number of nitrogens with zero attached hydrogens (tertiary/aromatic N) is 4. The summed E-state index contributed by atoms with van der Waals surface area (Å²) in [6, 6.07) is 3.25. The highest BCUT2D eigenvalue weighted by atomic mass is 35.5. The van der Waals surface area contributed by atoms with Crippen LogP contribution in [0.25, 0.3) is 11.4 Å². The van der Waals surface area contributed by atoms with Gasteiger partial charge in [0.2, 0.25) is 5.91 Å². The second kappa shape index (κ2) is 5.64. The lowest BCUT2D eigenvalue weighted by Crippen LogP contribution is -2.42. The van der Waals surface area contributed by atoms with Crippen LogP contribution >= 0.6 is 22.9 Å². The number of aromatic nitrogens is 4. The average Bonchev–Trinajstić information content (AvgIpc) is 3.32. The van der Waals surface area contributed by atoms with Crippen LogP contribution in [0.5, 0.6) is 0 Å². The number of carbonyl (C=O) groups is 1. The van der Waals surface area contributed by atoms with Gasteiger partial charge >= 0.3 is 5.69 Å². The van der Waals surface area contributed by atoms with E-state index in [0.29, 0.717) is 28.4 Å². The number of rotatable bonds is 3. The molecule has 0 spiro atoms. The second-order valence-corrected chi connectivity index (χ2v) is 7.30. The van der Waals surface area contributed by atoms with Gasteiger partial charge in [-0.2, -0.15) is 9.55 Å². The lowest BCUT2D eigenvalue weighted by molar-refractivity contribution is 0.0876. The van der Waals surface area contributed by atoms with Gasteiger partial charge in [-0.15, -0.1) is 11.3 Å². The van der Waals surface area contributed by atoms with Crippen molar-refractivity contribution >= 4 is 28.8 Å². The molecule has 0 N–H and O–H groups in total. The van der Waals surface area contributed by atoms with E-state index in [9.17, 15) is 14.4 Å². The van der Waals surface area contributed by atoms with Crippen LogP contribution in [0.2, 0.25) is 4.47 Å². The molecule has 9 heteroatoms. The van der Waals surface area contributed by atoms with Crippen molar-refractivity contribution in [1.29, 1.82) is 0 Å². The van der Waals surface area contributed by atoms with E-state index in [0.717, 1.165) is 4.88 Å². The predicted molar refractivity (Wildman–Crippen MR) is 89.0 cm³/mol. The number of fused-ring (bicyclic) bond motifs is 1. The van der Waals surface area contributed by atoms with Crippen molar-refractivity contribution in [2.24, 2.45) is 5.92 Å². The summed E-state index contributed by atoms with van der Waals surface area (Å²) < 4.78 is 2.75. The number of hydrogen-bond acceptors (Lipinski definition) is 6. The van der Waals surface area contributed by atoms with Crippen molar-refractivity contribution in [3.05, 3.63) is 54.7 Å². The van der Waals surface area contributed by atoms with E-state index in [2.05, 4.69) is 9.97 Å². The van der Waals surface area contributed by atoms with E-state index < -0.39 is 17.2 Å². The van der Waals surface area contributed by atoms with Gasteiger partial charge in [0.1, 0.15) is 0 Å². The first kappa shape index (κ1) is 15.2. The average molecular weight is 363 g/mol. The van der Waals surface area contributed by atoms with Gasteiger partial charge < -0.3 is 4.57 Å². The van der Waals surface area contributed by atoms with Crippen LogP contribution in [-0.4, -0.2) is 25.0 Å². The molecule has 0 amide bonds. The Morgan fingerprint density at radius 3 is 2.83 bits per heavy atom. The zero-order chi connectivity index (χ0) is 16.8. The Kier molecular flexibility index (Phi) is 3.58. The summed E-state index contributed by atoms with van der Waals surface area (Å²) in [6.45, 7) is 0.383. The maximum absolute atomic E-state index is 12.6. The summed E-state index contributed by atoms with van der Waals surface area (Å²) in [6.07, 6.45) is 4.77. The largest absolute Gasteiger partial charge is 0.359 e. The molecular formula is C15H11ClN4O3S. The number of pyridine rings is 1. The maximum atomic E-state index is 12.6. The molecule has 3 heterocycles. The number of hydrogen-bond donors (Lipinski definition) is 0. The fraction of sp³-hybridized carbons (Fsp3) is 0.267. The van der Waals surface area contributed by atoms with Gasteiger partial charge in [0.05, 0.1) is 12.1 Å². The normalized spacial score (nSPS) is 14.2. The Bertz CT molecular complexity index is 1030. The Labute approximate surface area is 144 Å². The molecule has 1 saturated carbocycles. The molecule has 3 aliphatic rings. The molecule has 1 aliphatic carbocycles. The monoisotopic (exact) mass is 362 g/mol. The Hall–Kier alpha value is -2.32.